The molecule has 0 saturated heterocycles. The van der Waals surface area contributed by atoms with Crippen molar-refractivity contribution in [2.24, 2.45) is 0 Å². The Morgan fingerprint density at radius 2 is 1.61 bits per heavy atom. The van der Waals surface area contributed by atoms with Crippen LogP contribution in [-0.2, 0) is 0 Å². The fourth-order valence-electron chi connectivity index (χ4n) is 2.59. The standard InChI is InChI=1S/C20H14BrF2N3O2/c1-11-14(12-5-7-13(21)8-6-12)9-10-17(24-11)25-20(28)26-19(27)18-15(22)3-2-4-16(18)23/h2-10H,1H3,(H2,24,25,26,27,28). The number of pyridine rings is 1. The molecule has 0 unspecified atom stereocenters. The Morgan fingerprint density at radius 1 is 0.964 bits per heavy atom. The molecule has 0 fully saturated rings. The van der Waals surface area contributed by atoms with Gasteiger partial charge in [0.15, 0.2) is 0 Å². The van der Waals surface area contributed by atoms with Gasteiger partial charge in [-0.05, 0) is 48.9 Å². The number of aromatic nitrogens is 1. The van der Waals surface area contributed by atoms with E-state index >= 15 is 0 Å². The van der Waals surface area contributed by atoms with E-state index in [1.54, 1.807) is 19.1 Å². The number of aryl methyl sites for hydroxylation is 1. The van der Waals surface area contributed by atoms with E-state index in [2.05, 4.69) is 26.2 Å². The van der Waals surface area contributed by atoms with Crippen molar-refractivity contribution in [3.63, 3.8) is 0 Å². The first-order chi connectivity index (χ1) is 13.3. The highest BCUT2D eigenvalue weighted by Gasteiger charge is 2.19. The summed E-state index contributed by atoms with van der Waals surface area (Å²) in [6, 6.07) is 13.0. The number of anilines is 1. The van der Waals surface area contributed by atoms with Crippen molar-refractivity contribution >= 4 is 33.7 Å². The fraction of sp³-hybridized carbons (Fsp3) is 0.0500. The molecule has 2 aromatic carbocycles. The zero-order valence-corrected chi connectivity index (χ0v) is 16.2. The Labute approximate surface area is 167 Å². The number of hydrogen-bond acceptors (Lipinski definition) is 3. The van der Waals surface area contributed by atoms with E-state index in [4.69, 9.17) is 0 Å². The van der Waals surface area contributed by atoms with Crippen LogP contribution in [-0.4, -0.2) is 16.9 Å². The molecule has 0 atom stereocenters. The van der Waals surface area contributed by atoms with Crippen molar-refractivity contribution in [3.05, 3.63) is 82.0 Å². The average Bonchev–Trinajstić information content (AvgIpc) is 2.62. The van der Waals surface area contributed by atoms with Gasteiger partial charge in [0.05, 0.1) is 0 Å². The summed E-state index contributed by atoms with van der Waals surface area (Å²) in [6.07, 6.45) is 0. The second-order valence-electron chi connectivity index (χ2n) is 5.84. The highest BCUT2D eigenvalue weighted by Crippen LogP contribution is 2.25. The minimum absolute atomic E-state index is 0.192. The fourth-order valence-corrected chi connectivity index (χ4v) is 2.86. The molecule has 2 N–H and O–H groups in total. The van der Waals surface area contributed by atoms with Crippen LogP contribution in [0.4, 0.5) is 19.4 Å². The van der Waals surface area contributed by atoms with E-state index in [9.17, 15) is 18.4 Å². The molecule has 1 aromatic heterocycles. The molecule has 3 amide bonds. The first-order valence-corrected chi connectivity index (χ1v) is 8.94. The zero-order valence-electron chi connectivity index (χ0n) is 14.6. The van der Waals surface area contributed by atoms with Gasteiger partial charge < -0.3 is 0 Å². The molecule has 28 heavy (non-hydrogen) atoms. The molecule has 142 valence electrons. The number of nitrogens with zero attached hydrogens (tertiary/aromatic N) is 1. The molecule has 3 aromatic rings. The van der Waals surface area contributed by atoms with Crippen LogP contribution in [0.2, 0.25) is 0 Å². The molecule has 0 aliphatic carbocycles. The van der Waals surface area contributed by atoms with E-state index in [0.29, 0.717) is 5.69 Å². The number of hydrogen-bond donors (Lipinski definition) is 2. The molecule has 1 heterocycles. The minimum atomic E-state index is -1.18. The van der Waals surface area contributed by atoms with E-state index in [1.165, 1.54) is 0 Å². The monoisotopic (exact) mass is 445 g/mol. The summed E-state index contributed by atoms with van der Waals surface area (Å²) in [5.74, 6) is -3.11. The Balaban J connectivity index is 1.71. The Bertz CT molecular complexity index is 1040. The first-order valence-electron chi connectivity index (χ1n) is 8.15. The third-order valence-corrected chi connectivity index (χ3v) is 4.43. The Morgan fingerprint density at radius 3 is 2.21 bits per heavy atom. The van der Waals surface area contributed by atoms with E-state index in [1.807, 2.05) is 29.6 Å². The maximum absolute atomic E-state index is 13.6. The molecular weight excluding hydrogens is 432 g/mol. The highest BCUT2D eigenvalue weighted by molar-refractivity contribution is 9.10. The third kappa shape index (κ3) is 4.40. The maximum Gasteiger partial charge on any atom is 0.327 e. The molecule has 5 nitrogen and oxygen atoms in total. The number of benzene rings is 2. The molecule has 0 radical (unpaired) electrons. The van der Waals surface area contributed by atoms with Gasteiger partial charge in [-0.1, -0.05) is 34.1 Å². The third-order valence-electron chi connectivity index (χ3n) is 3.90. The lowest BCUT2D eigenvalue weighted by molar-refractivity contribution is 0.0959. The summed E-state index contributed by atoms with van der Waals surface area (Å²) in [7, 11) is 0. The first kappa shape index (κ1) is 19.6. The van der Waals surface area contributed by atoms with Crippen LogP contribution in [0, 0.1) is 18.6 Å². The predicted octanol–water partition coefficient (Wildman–Crippen LogP) is 5.06. The molecule has 0 aliphatic heterocycles. The minimum Gasteiger partial charge on any atom is -0.292 e. The SMILES string of the molecule is Cc1nc(NC(=O)NC(=O)c2c(F)cccc2F)ccc1-c1ccc(Br)cc1. The second kappa shape index (κ2) is 8.26. The van der Waals surface area contributed by atoms with Gasteiger partial charge in [0, 0.05) is 15.7 Å². The van der Waals surface area contributed by atoms with Gasteiger partial charge in [0.1, 0.15) is 23.0 Å². The van der Waals surface area contributed by atoms with E-state index in [0.717, 1.165) is 33.8 Å². The number of amides is 3. The number of carbonyl (C=O) groups excluding carboxylic acids is 2. The van der Waals surface area contributed by atoms with Gasteiger partial charge in [-0.25, -0.2) is 18.6 Å². The quantitative estimate of drug-likeness (QED) is 0.591. The molecule has 3 rings (SSSR count). The Hall–Kier alpha value is -3.13. The Kier molecular flexibility index (Phi) is 5.79. The van der Waals surface area contributed by atoms with Crippen LogP contribution in [0.15, 0.2) is 59.1 Å². The van der Waals surface area contributed by atoms with Gasteiger partial charge in [-0.15, -0.1) is 0 Å². The van der Waals surface area contributed by atoms with Gasteiger partial charge in [0.25, 0.3) is 5.91 Å². The molecule has 0 aliphatic rings. The number of imide groups is 1. The highest BCUT2D eigenvalue weighted by atomic mass is 79.9. The van der Waals surface area contributed by atoms with Crippen LogP contribution in [0.1, 0.15) is 16.1 Å². The van der Waals surface area contributed by atoms with Crippen molar-refractivity contribution in [2.75, 3.05) is 5.32 Å². The van der Waals surface area contributed by atoms with Crippen LogP contribution in [0.25, 0.3) is 11.1 Å². The normalized spacial score (nSPS) is 10.4. The van der Waals surface area contributed by atoms with Gasteiger partial charge in [0.2, 0.25) is 0 Å². The largest absolute Gasteiger partial charge is 0.327 e. The van der Waals surface area contributed by atoms with Crippen molar-refractivity contribution in [2.45, 2.75) is 6.92 Å². The summed E-state index contributed by atoms with van der Waals surface area (Å²) in [5.41, 5.74) is 1.66. The van der Waals surface area contributed by atoms with E-state index < -0.39 is 29.1 Å². The van der Waals surface area contributed by atoms with Crippen molar-refractivity contribution in [1.82, 2.24) is 10.3 Å². The number of carbonyl (C=O) groups is 2. The summed E-state index contributed by atoms with van der Waals surface area (Å²) in [6.45, 7) is 1.78. The number of rotatable bonds is 3. The average molecular weight is 446 g/mol. The molecule has 0 bridgehead atoms. The lowest BCUT2D eigenvalue weighted by Gasteiger charge is -2.10. The van der Waals surface area contributed by atoms with Crippen LogP contribution in [0.3, 0.4) is 0 Å². The van der Waals surface area contributed by atoms with Crippen molar-refractivity contribution < 1.29 is 18.4 Å². The summed E-state index contributed by atoms with van der Waals surface area (Å²) in [4.78, 5) is 28.2. The topological polar surface area (TPSA) is 71.1 Å². The van der Waals surface area contributed by atoms with Crippen molar-refractivity contribution in [1.29, 1.82) is 0 Å². The van der Waals surface area contributed by atoms with Crippen LogP contribution >= 0.6 is 15.9 Å². The molecule has 0 spiro atoms. The maximum atomic E-state index is 13.6. The summed E-state index contributed by atoms with van der Waals surface area (Å²) < 4.78 is 28.2. The zero-order chi connectivity index (χ0) is 20.3. The number of nitrogens with one attached hydrogen (secondary N) is 2. The number of halogens is 3. The molecule has 0 saturated carbocycles. The van der Waals surface area contributed by atoms with Crippen LogP contribution < -0.4 is 10.6 Å². The molecule has 8 heteroatoms. The summed E-state index contributed by atoms with van der Waals surface area (Å²) in [5, 5.41) is 4.26. The predicted molar refractivity (Wildman–Crippen MR) is 105 cm³/mol. The van der Waals surface area contributed by atoms with Gasteiger partial charge in [-0.3, -0.25) is 15.4 Å². The van der Waals surface area contributed by atoms with E-state index in [-0.39, 0.29) is 5.82 Å². The van der Waals surface area contributed by atoms with Crippen molar-refractivity contribution in [3.8, 4) is 11.1 Å². The molecular formula is C20H14BrF2N3O2. The van der Waals surface area contributed by atoms with Crippen LogP contribution in [0.5, 0.6) is 0 Å². The smallest absolute Gasteiger partial charge is 0.292 e. The number of urea groups is 1. The lowest BCUT2D eigenvalue weighted by atomic mass is 10.0. The van der Waals surface area contributed by atoms with Gasteiger partial charge in [-0.2, -0.15) is 0 Å². The summed E-state index contributed by atoms with van der Waals surface area (Å²) >= 11 is 3.38. The second-order valence-corrected chi connectivity index (χ2v) is 6.76. The lowest BCUT2D eigenvalue weighted by Crippen LogP contribution is -2.35. The van der Waals surface area contributed by atoms with Gasteiger partial charge >= 0.3 is 6.03 Å².